The Kier molecular flexibility index (Phi) is 5.32. The normalized spacial score (nSPS) is 11.9. The number of hydrogen-bond acceptors (Lipinski definition) is 2. The first-order chi connectivity index (χ1) is 9.69. The number of carbonyl (C=O) groups excluding carboxylic acids is 1. The molecule has 0 saturated heterocycles. The van der Waals surface area contributed by atoms with Crippen LogP contribution in [0.25, 0.3) is 0 Å². The number of nitrogens with one attached hydrogen (secondary N) is 1. The van der Waals surface area contributed by atoms with Crippen LogP contribution >= 0.6 is 15.9 Å². The fraction of sp³-hybridized carbons (Fsp3) is 0.188. The molecule has 0 aliphatic rings. The molecule has 0 unspecified atom stereocenters. The number of benzene rings is 2. The van der Waals surface area contributed by atoms with Crippen LogP contribution in [0.15, 0.2) is 59.1 Å². The summed E-state index contributed by atoms with van der Waals surface area (Å²) >= 11 is 3.33. The highest BCUT2D eigenvalue weighted by atomic mass is 79.9. The zero-order chi connectivity index (χ0) is 14.4. The molecule has 104 valence electrons. The van der Waals surface area contributed by atoms with Crippen molar-refractivity contribution >= 4 is 21.8 Å². The summed E-state index contributed by atoms with van der Waals surface area (Å²) in [5, 5.41) is 12.3. The third kappa shape index (κ3) is 4.18. The molecule has 0 bridgehead atoms. The first-order valence-electron chi connectivity index (χ1n) is 6.40. The lowest BCUT2D eigenvalue weighted by atomic mass is 10.1. The molecule has 0 aliphatic carbocycles. The number of aliphatic hydroxyl groups is 1. The molecule has 1 atom stereocenters. The highest BCUT2D eigenvalue weighted by Crippen LogP contribution is 2.11. The summed E-state index contributed by atoms with van der Waals surface area (Å²) in [6, 6.07) is 16.6. The molecule has 20 heavy (non-hydrogen) atoms. The maximum Gasteiger partial charge on any atom is 0.251 e. The molecule has 0 spiro atoms. The number of rotatable bonds is 5. The highest BCUT2D eigenvalue weighted by Gasteiger charge is 2.13. The minimum atomic E-state index is -0.284. The van der Waals surface area contributed by atoms with E-state index in [0.717, 1.165) is 10.0 Å². The predicted molar refractivity (Wildman–Crippen MR) is 82.6 cm³/mol. The average molecular weight is 334 g/mol. The Morgan fingerprint density at radius 3 is 2.35 bits per heavy atom. The van der Waals surface area contributed by atoms with E-state index in [4.69, 9.17) is 0 Å². The van der Waals surface area contributed by atoms with Gasteiger partial charge in [-0.3, -0.25) is 4.79 Å². The van der Waals surface area contributed by atoms with Crippen LogP contribution in [0.4, 0.5) is 0 Å². The molecule has 0 radical (unpaired) electrons. The Hall–Kier alpha value is -1.65. The van der Waals surface area contributed by atoms with Crippen molar-refractivity contribution in [3.8, 4) is 0 Å². The van der Waals surface area contributed by atoms with Crippen molar-refractivity contribution < 1.29 is 9.90 Å². The van der Waals surface area contributed by atoms with Crippen molar-refractivity contribution in [2.45, 2.75) is 12.5 Å². The summed E-state index contributed by atoms with van der Waals surface area (Å²) in [6.07, 6.45) is 0.611. The van der Waals surface area contributed by atoms with Gasteiger partial charge in [-0.2, -0.15) is 0 Å². The van der Waals surface area contributed by atoms with Gasteiger partial charge < -0.3 is 10.4 Å². The van der Waals surface area contributed by atoms with E-state index in [-0.39, 0.29) is 18.6 Å². The third-order valence-corrected chi connectivity index (χ3v) is 3.52. The number of hydrogen-bond donors (Lipinski definition) is 2. The van der Waals surface area contributed by atoms with Gasteiger partial charge in [0.05, 0.1) is 12.6 Å². The number of amides is 1. The minimum Gasteiger partial charge on any atom is -0.394 e. The Labute approximate surface area is 126 Å². The van der Waals surface area contributed by atoms with E-state index in [0.29, 0.717) is 12.0 Å². The molecule has 1 amide bonds. The van der Waals surface area contributed by atoms with Crippen LogP contribution in [0.1, 0.15) is 15.9 Å². The van der Waals surface area contributed by atoms with Gasteiger partial charge >= 0.3 is 0 Å². The van der Waals surface area contributed by atoms with E-state index < -0.39 is 0 Å². The summed E-state index contributed by atoms with van der Waals surface area (Å²) in [4.78, 5) is 12.1. The first kappa shape index (κ1) is 14.8. The molecule has 2 aromatic rings. The second kappa shape index (κ2) is 7.22. The Bertz CT molecular complexity index is 554. The van der Waals surface area contributed by atoms with E-state index in [1.165, 1.54) is 0 Å². The quantitative estimate of drug-likeness (QED) is 0.883. The van der Waals surface area contributed by atoms with Gasteiger partial charge in [0.25, 0.3) is 5.91 Å². The summed E-state index contributed by atoms with van der Waals surface area (Å²) < 4.78 is 0.928. The topological polar surface area (TPSA) is 49.3 Å². The second-order valence-corrected chi connectivity index (χ2v) is 5.47. The van der Waals surface area contributed by atoms with Crippen molar-refractivity contribution in [1.29, 1.82) is 0 Å². The molecule has 3 nitrogen and oxygen atoms in total. The van der Waals surface area contributed by atoms with Crippen LogP contribution in [0.3, 0.4) is 0 Å². The van der Waals surface area contributed by atoms with E-state index in [2.05, 4.69) is 21.2 Å². The molecule has 2 aromatic carbocycles. The van der Waals surface area contributed by atoms with Gasteiger partial charge in [-0.05, 0) is 36.2 Å². The van der Waals surface area contributed by atoms with Crippen LogP contribution in [0.2, 0.25) is 0 Å². The third-order valence-electron chi connectivity index (χ3n) is 2.99. The summed E-state index contributed by atoms with van der Waals surface area (Å²) in [7, 11) is 0. The molecule has 0 aromatic heterocycles. The van der Waals surface area contributed by atoms with Gasteiger partial charge in [0.1, 0.15) is 0 Å². The molecular weight excluding hydrogens is 318 g/mol. The predicted octanol–water partition coefficient (Wildman–Crippen LogP) is 2.78. The van der Waals surface area contributed by atoms with Crippen LogP contribution in [-0.2, 0) is 6.42 Å². The van der Waals surface area contributed by atoms with E-state index in [1.54, 1.807) is 12.1 Å². The van der Waals surface area contributed by atoms with Crippen molar-refractivity contribution in [2.24, 2.45) is 0 Å². The Morgan fingerprint density at radius 2 is 1.75 bits per heavy atom. The molecule has 2 N–H and O–H groups in total. The fourth-order valence-electron chi connectivity index (χ4n) is 1.93. The van der Waals surface area contributed by atoms with Crippen molar-refractivity contribution in [3.63, 3.8) is 0 Å². The van der Waals surface area contributed by atoms with Gasteiger partial charge in [-0.15, -0.1) is 0 Å². The average Bonchev–Trinajstić information content (AvgIpc) is 2.48. The lowest BCUT2D eigenvalue weighted by Crippen LogP contribution is -2.39. The van der Waals surface area contributed by atoms with Crippen molar-refractivity contribution in [1.82, 2.24) is 5.32 Å². The monoisotopic (exact) mass is 333 g/mol. The summed E-state index contributed by atoms with van der Waals surface area (Å²) in [6.45, 7) is -0.0861. The number of carbonyl (C=O) groups is 1. The molecule has 2 rings (SSSR count). The number of halogens is 1. The Morgan fingerprint density at radius 1 is 1.10 bits per heavy atom. The molecule has 0 aliphatic heterocycles. The van der Waals surface area contributed by atoms with Crippen LogP contribution in [0.5, 0.6) is 0 Å². The van der Waals surface area contributed by atoms with Crippen LogP contribution in [0, 0.1) is 0 Å². The summed E-state index contributed by atoms with van der Waals surface area (Å²) in [5.74, 6) is -0.174. The molecule has 0 heterocycles. The zero-order valence-corrected chi connectivity index (χ0v) is 12.5. The van der Waals surface area contributed by atoms with Crippen LogP contribution < -0.4 is 5.32 Å². The number of aliphatic hydroxyl groups excluding tert-OH is 1. The summed E-state index contributed by atoms with van der Waals surface area (Å²) in [5.41, 5.74) is 1.67. The van der Waals surface area contributed by atoms with Crippen molar-refractivity contribution in [3.05, 3.63) is 70.2 Å². The highest BCUT2D eigenvalue weighted by molar-refractivity contribution is 9.10. The van der Waals surface area contributed by atoms with Gasteiger partial charge in [0, 0.05) is 10.0 Å². The van der Waals surface area contributed by atoms with Gasteiger partial charge in [0.2, 0.25) is 0 Å². The van der Waals surface area contributed by atoms with Gasteiger partial charge in [0.15, 0.2) is 0 Å². The molecule has 0 fully saturated rings. The smallest absolute Gasteiger partial charge is 0.251 e. The maximum absolute atomic E-state index is 12.1. The van der Waals surface area contributed by atoms with E-state index >= 15 is 0 Å². The standard InChI is InChI=1S/C16H16BrNO2/c17-14-8-6-13(7-9-14)16(20)18-15(11-19)10-12-4-2-1-3-5-12/h1-9,15,19H,10-11H2,(H,18,20)/t15-/m1/s1. The SMILES string of the molecule is O=C(N[C@@H](CO)Cc1ccccc1)c1ccc(Br)cc1. The zero-order valence-electron chi connectivity index (χ0n) is 10.9. The largest absolute Gasteiger partial charge is 0.394 e. The Balaban J connectivity index is 1.99. The fourth-order valence-corrected chi connectivity index (χ4v) is 2.19. The van der Waals surface area contributed by atoms with Crippen molar-refractivity contribution in [2.75, 3.05) is 6.61 Å². The lowest BCUT2D eigenvalue weighted by Gasteiger charge is -2.16. The molecule has 4 heteroatoms. The van der Waals surface area contributed by atoms with Gasteiger partial charge in [-0.25, -0.2) is 0 Å². The van der Waals surface area contributed by atoms with Crippen LogP contribution in [-0.4, -0.2) is 23.7 Å². The van der Waals surface area contributed by atoms with E-state index in [9.17, 15) is 9.90 Å². The van der Waals surface area contributed by atoms with Gasteiger partial charge in [-0.1, -0.05) is 46.3 Å². The molecule has 0 saturated carbocycles. The second-order valence-electron chi connectivity index (χ2n) is 4.55. The first-order valence-corrected chi connectivity index (χ1v) is 7.19. The minimum absolute atomic E-state index is 0.0861. The maximum atomic E-state index is 12.1. The lowest BCUT2D eigenvalue weighted by molar-refractivity contribution is 0.0916. The molecular formula is C16H16BrNO2. The van der Waals surface area contributed by atoms with E-state index in [1.807, 2.05) is 42.5 Å².